The zero-order valence-electron chi connectivity index (χ0n) is 13.2. The van der Waals surface area contributed by atoms with E-state index in [0.717, 1.165) is 11.1 Å². The maximum absolute atomic E-state index is 10.3. The first-order chi connectivity index (χ1) is 11.6. The third kappa shape index (κ3) is 4.01. The van der Waals surface area contributed by atoms with Gasteiger partial charge in [-0.15, -0.1) is 0 Å². The number of benzene rings is 2. The zero-order chi connectivity index (χ0) is 16.9. The van der Waals surface area contributed by atoms with Gasteiger partial charge in [0.05, 0.1) is 12.7 Å². The molecule has 0 amide bonds. The standard InChI is InChI=1S/C19H22O5/c20-15(11-13-7-3-1-4-8-13)18-16(21)17(22)19(24-18)23-12-14-9-5-2-6-10-14/h1-10,15-22H,11-12H2/t15?,16-,17-,18-,19?/m1/s1. The van der Waals surface area contributed by atoms with Crippen LogP contribution in [0.2, 0.25) is 0 Å². The van der Waals surface area contributed by atoms with Crippen LogP contribution in [0.25, 0.3) is 0 Å². The number of aliphatic hydroxyl groups excluding tert-OH is 3. The van der Waals surface area contributed by atoms with E-state index in [-0.39, 0.29) is 6.61 Å². The number of hydrogen-bond donors (Lipinski definition) is 3. The first-order valence-electron chi connectivity index (χ1n) is 8.04. The van der Waals surface area contributed by atoms with Crippen molar-refractivity contribution in [2.45, 2.75) is 43.7 Å². The second-order valence-corrected chi connectivity index (χ2v) is 6.00. The molecule has 1 aliphatic rings. The van der Waals surface area contributed by atoms with Crippen LogP contribution in [0.4, 0.5) is 0 Å². The highest BCUT2D eigenvalue weighted by Crippen LogP contribution is 2.26. The SMILES string of the molecule is OC(Cc1ccccc1)[C@H]1OC(OCc2ccccc2)[C@H](O)[C@H]1O. The topological polar surface area (TPSA) is 79.2 Å². The summed E-state index contributed by atoms with van der Waals surface area (Å²) in [5.41, 5.74) is 1.88. The molecule has 3 N–H and O–H groups in total. The summed E-state index contributed by atoms with van der Waals surface area (Å²) in [6.07, 6.45) is -4.83. The summed E-state index contributed by atoms with van der Waals surface area (Å²) in [5, 5.41) is 30.6. The maximum Gasteiger partial charge on any atom is 0.187 e. The number of aliphatic hydroxyl groups is 3. The summed E-state index contributed by atoms with van der Waals surface area (Å²) in [6, 6.07) is 19.0. The lowest BCUT2D eigenvalue weighted by Gasteiger charge is -2.21. The van der Waals surface area contributed by atoms with Crippen LogP contribution in [0.1, 0.15) is 11.1 Å². The Kier molecular flexibility index (Phi) is 5.60. The molecule has 0 spiro atoms. The average molecular weight is 330 g/mol. The van der Waals surface area contributed by atoms with E-state index >= 15 is 0 Å². The van der Waals surface area contributed by atoms with E-state index in [2.05, 4.69) is 0 Å². The molecule has 2 aromatic rings. The first-order valence-corrected chi connectivity index (χ1v) is 8.04. The fourth-order valence-electron chi connectivity index (χ4n) is 2.85. The second-order valence-electron chi connectivity index (χ2n) is 6.00. The Morgan fingerprint density at radius 1 is 0.875 bits per heavy atom. The zero-order valence-corrected chi connectivity index (χ0v) is 13.2. The lowest BCUT2D eigenvalue weighted by atomic mass is 9.99. The molecule has 2 aromatic carbocycles. The van der Waals surface area contributed by atoms with Crippen LogP contribution in [-0.2, 0) is 22.5 Å². The molecule has 1 aliphatic heterocycles. The van der Waals surface area contributed by atoms with Gasteiger partial charge in [-0.25, -0.2) is 0 Å². The van der Waals surface area contributed by atoms with Gasteiger partial charge in [-0.2, -0.15) is 0 Å². The van der Waals surface area contributed by atoms with E-state index in [9.17, 15) is 15.3 Å². The molecule has 1 fully saturated rings. The van der Waals surface area contributed by atoms with E-state index in [0.29, 0.717) is 6.42 Å². The molecule has 5 atom stereocenters. The van der Waals surface area contributed by atoms with Crippen LogP contribution >= 0.6 is 0 Å². The van der Waals surface area contributed by atoms with Crippen LogP contribution in [0, 0.1) is 0 Å². The predicted octanol–water partition coefficient (Wildman–Crippen LogP) is 1.25. The normalized spacial score (nSPS) is 28.0. The minimum atomic E-state index is -1.19. The van der Waals surface area contributed by atoms with Crippen LogP contribution in [0.3, 0.4) is 0 Å². The molecule has 1 heterocycles. The Morgan fingerprint density at radius 3 is 2.08 bits per heavy atom. The number of rotatable bonds is 6. The molecule has 5 heteroatoms. The van der Waals surface area contributed by atoms with E-state index < -0.39 is 30.7 Å². The quantitative estimate of drug-likeness (QED) is 0.743. The highest BCUT2D eigenvalue weighted by atomic mass is 16.7. The van der Waals surface area contributed by atoms with Crippen LogP contribution in [0.15, 0.2) is 60.7 Å². The van der Waals surface area contributed by atoms with E-state index in [1.54, 1.807) is 0 Å². The lowest BCUT2D eigenvalue weighted by Crippen LogP contribution is -2.39. The molecular weight excluding hydrogens is 308 g/mol. The molecule has 5 nitrogen and oxygen atoms in total. The fraction of sp³-hybridized carbons (Fsp3) is 0.368. The Hall–Kier alpha value is -1.76. The van der Waals surface area contributed by atoms with Crippen molar-refractivity contribution in [3.63, 3.8) is 0 Å². The minimum Gasteiger partial charge on any atom is -0.390 e. The average Bonchev–Trinajstić information content (AvgIpc) is 2.90. The predicted molar refractivity (Wildman–Crippen MR) is 88.1 cm³/mol. The maximum atomic E-state index is 10.3. The first kappa shape index (κ1) is 17.1. The van der Waals surface area contributed by atoms with Crippen molar-refractivity contribution in [2.75, 3.05) is 0 Å². The van der Waals surface area contributed by atoms with Gasteiger partial charge in [-0.05, 0) is 11.1 Å². The summed E-state index contributed by atoms with van der Waals surface area (Å²) in [5.74, 6) is 0. The van der Waals surface area contributed by atoms with E-state index in [1.165, 1.54) is 0 Å². The van der Waals surface area contributed by atoms with Gasteiger partial charge in [0.15, 0.2) is 6.29 Å². The smallest absolute Gasteiger partial charge is 0.187 e. The molecule has 128 valence electrons. The Bertz CT molecular complexity index is 618. The van der Waals surface area contributed by atoms with Gasteiger partial charge in [0.1, 0.15) is 18.3 Å². The van der Waals surface area contributed by atoms with Crippen molar-refractivity contribution in [1.29, 1.82) is 0 Å². The summed E-state index contributed by atoms with van der Waals surface area (Å²) >= 11 is 0. The van der Waals surface area contributed by atoms with Crippen LogP contribution in [-0.4, -0.2) is 46.0 Å². The van der Waals surface area contributed by atoms with Gasteiger partial charge in [-0.1, -0.05) is 60.7 Å². The van der Waals surface area contributed by atoms with Gasteiger partial charge >= 0.3 is 0 Å². The summed E-state index contributed by atoms with van der Waals surface area (Å²) < 4.78 is 11.1. The third-order valence-electron chi connectivity index (χ3n) is 4.18. The molecule has 24 heavy (non-hydrogen) atoms. The van der Waals surface area contributed by atoms with Crippen molar-refractivity contribution in [2.24, 2.45) is 0 Å². The molecule has 0 aliphatic carbocycles. The highest BCUT2D eigenvalue weighted by Gasteiger charge is 2.46. The van der Waals surface area contributed by atoms with E-state index in [4.69, 9.17) is 9.47 Å². The molecule has 0 radical (unpaired) electrons. The minimum absolute atomic E-state index is 0.261. The van der Waals surface area contributed by atoms with Crippen molar-refractivity contribution in [3.05, 3.63) is 71.8 Å². The molecule has 3 rings (SSSR count). The van der Waals surface area contributed by atoms with Gasteiger partial charge < -0.3 is 24.8 Å². The highest BCUT2D eigenvalue weighted by molar-refractivity contribution is 5.16. The van der Waals surface area contributed by atoms with Crippen LogP contribution < -0.4 is 0 Å². The number of ether oxygens (including phenoxy) is 2. The largest absolute Gasteiger partial charge is 0.390 e. The summed E-state index contributed by atoms with van der Waals surface area (Å²) in [4.78, 5) is 0. The Labute approximate surface area is 141 Å². The molecule has 2 unspecified atom stereocenters. The monoisotopic (exact) mass is 330 g/mol. The van der Waals surface area contributed by atoms with E-state index in [1.807, 2.05) is 60.7 Å². The summed E-state index contributed by atoms with van der Waals surface area (Å²) in [6.45, 7) is 0.261. The lowest BCUT2D eigenvalue weighted by molar-refractivity contribution is -0.183. The molecule has 1 saturated heterocycles. The summed E-state index contributed by atoms with van der Waals surface area (Å²) in [7, 11) is 0. The molecule has 0 bridgehead atoms. The molecule has 0 aromatic heterocycles. The fourth-order valence-corrected chi connectivity index (χ4v) is 2.85. The van der Waals surface area contributed by atoms with Crippen molar-refractivity contribution >= 4 is 0 Å². The molecule has 0 saturated carbocycles. The number of hydrogen-bond acceptors (Lipinski definition) is 5. The second kappa shape index (κ2) is 7.88. The third-order valence-corrected chi connectivity index (χ3v) is 4.18. The van der Waals surface area contributed by atoms with Crippen molar-refractivity contribution in [1.82, 2.24) is 0 Å². The van der Waals surface area contributed by atoms with Crippen molar-refractivity contribution < 1.29 is 24.8 Å². The Balaban J connectivity index is 1.57. The van der Waals surface area contributed by atoms with Gasteiger partial charge in [-0.3, -0.25) is 0 Å². The Morgan fingerprint density at radius 2 is 1.46 bits per heavy atom. The van der Waals surface area contributed by atoms with Crippen LogP contribution in [0.5, 0.6) is 0 Å². The van der Waals surface area contributed by atoms with Crippen molar-refractivity contribution in [3.8, 4) is 0 Å². The molecular formula is C19H22O5. The van der Waals surface area contributed by atoms with Gasteiger partial charge in [0, 0.05) is 6.42 Å². The van der Waals surface area contributed by atoms with Gasteiger partial charge in [0.2, 0.25) is 0 Å². The van der Waals surface area contributed by atoms with Gasteiger partial charge in [0.25, 0.3) is 0 Å².